The van der Waals surface area contributed by atoms with Crippen LogP contribution in [0.15, 0.2) is 65.4 Å². The monoisotopic (exact) mass is 392 g/mol. The fourth-order valence-electron chi connectivity index (χ4n) is 3.58. The summed E-state index contributed by atoms with van der Waals surface area (Å²) in [6.07, 6.45) is 3.28. The number of hydrogen-bond acceptors (Lipinski definition) is 6. The lowest BCUT2D eigenvalue weighted by atomic mass is 9.75. The van der Waals surface area contributed by atoms with Gasteiger partial charge >= 0.3 is 11.9 Å². The molecule has 0 saturated carbocycles. The normalized spacial score (nSPS) is 18.8. The van der Waals surface area contributed by atoms with Crippen molar-refractivity contribution in [2.75, 3.05) is 13.2 Å². The third kappa shape index (κ3) is 4.26. The van der Waals surface area contributed by atoms with Crippen LogP contribution in [-0.2, 0) is 19.1 Å². The Balaban J connectivity index is 2.27. The van der Waals surface area contributed by atoms with E-state index in [9.17, 15) is 9.59 Å². The largest absolute Gasteiger partial charge is 0.465 e. The average Bonchev–Trinajstić information content (AvgIpc) is 2.74. The summed E-state index contributed by atoms with van der Waals surface area (Å²) in [7, 11) is 0. The molecular formula is C23H24N2O4. The molecule has 2 atom stereocenters. The number of esters is 2. The van der Waals surface area contributed by atoms with E-state index in [2.05, 4.69) is 9.98 Å². The van der Waals surface area contributed by atoms with E-state index in [0.717, 1.165) is 11.1 Å². The molecule has 0 amide bonds. The molecule has 0 aliphatic carbocycles. The van der Waals surface area contributed by atoms with Crippen LogP contribution in [0.2, 0.25) is 0 Å². The van der Waals surface area contributed by atoms with E-state index >= 15 is 0 Å². The lowest BCUT2D eigenvalue weighted by molar-refractivity contribution is -0.146. The highest BCUT2D eigenvalue weighted by atomic mass is 16.5. The van der Waals surface area contributed by atoms with E-state index < -0.39 is 23.8 Å². The molecule has 0 saturated heterocycles. The first-order chi connectivity index (χ1) is 14.1. The van der Waals surface area contributed by atoms with Gasteiger partial charge in [-0.25, -0.2) is 4.79 Å². The van der Waals surface area contributed by atoms with Gasteiger partial charge in [0.15, 0.2) is 0 Å². The van der Waals surface area contributed by atoms with Crippen molar-refractivity contribution in [1.29, 1.82) is 0 Å². The SMILES string of the molecule is CCOC(=O)C1=C(c2ccccc2)N=C(C)C(C(=O)OCC)C1c1ccncc1. The van der Waals surface area contributed by atoms with Crippen LogP contribution in [0.25, 0.3) is 5.70 Å². The van der Waals surface area contributed by atoms with Gasteiger partial charge in [0, 0.05) is 29.6 Å². The van der Waals surface area contributed by atoms with E-state index in [4.69, 9.17) is 9.47 Å². The third-order valence-electron chi connectivity index (χ3n) is 4.79. The third-order valence-corrected chi connectivity index (χ3v) is 4.79. The van der Waals surface area contributed by atoms with E-state index in [1.165, 1.54) is 0 Å². The van der Waals surface area contributed by atoms with Gasteiger partial charge in [0.05, 0.1) is 24.5 Å². The maximum absolute atomic E-state index is 13.1. The van der Waals surface area contributed by atoms with Crippen LogP contribution in [-0.4, -0.2) is 35.8 Å². The number of ether oxygens (including phenoxy) is 2. The highest BCUT2D eigenvalue weighted by Crippen LogP contribution is 2.42. The number of benzene rings is 1. The Labute approximate surface area is 170 Å². The van der Waals surface area contributed by atoms with Gasteiger partial charge in [-0.1, -0.05) is 30.3 Å². The summed E-state index contributed by atoms with van der Waals surface area (Å²) in [5.74, 6) is -2.20. The summed E-state index contributed by atoms with van der Waals surface area (Å²) in [6, 6.07) is 13.0. The number of carbonyl (C=O) groups excluding carboxylic acids is 2. The van der Waals surface area contributed by atoms with Crippen LogP contribution in [0.1, 0.15) is 37.8 Å². The zero-order valence-corrected chi connectivity index (χ0v) is 16.8. The Hall–Kier alpha value is -3.28. The second-order valence-electron chi connectivity index (χ2n) is 6.59. The maximum atomic E-state index is 13.1. The highest BCUT2D eigenvalue weighted by Gasteiger charge is 2.43. The van der Waals surface area contributed by atoms with Gasteiger partial charge in [0.2, 0.25) is 0 Å². The highest BCUT2D eigenvalue weighted by molar-refractivity contribution is 6.11. The molecule has 0 fully saturated rings. The summed E-state index contributed by atoms with van der Waals surface area (Å²) in [5, 5.41) is 0. The van der Waals surface area contributed by atoms with Gasteiger partial charge in [0.25, 0.3) is 0 Å². The van der Waals surface area contributed by atoms with Gasteiger partial charge in [-0.15, -0.1) is 0 Å². The van der Waals surface area contributed by atoms with Crippen LogP contribution in [0, 0.1) is 5.92 Å². The Morgan fingerprint density at radius 2 is 1.62 bits per heavy atom. The summed E-state index contributed by atoms with van der Waals surface area (Å²) < 4.78 is 10.7. The fourth-order valence-corrected chi connectivity index (χ4v) is 3.58. The number of nitrogens with zero attached hydrogens (tertiary/aromatic N) is 2. The van der Waals surface area contributed by atoms with Gasteiger partial charge in [0.1, 0.15) is 5.92 Å². The molecule has 0 radical (unpaired) electrons. The minimum Gasteiger partial charge on any atom is -0.465 e. The Morgan fingerprint density at radius 1 is 0.966 bits per heavy atom. The molecule has 0 bridgehead atoms. The van der Waals surface area contributed by atoms with Crippen molar-refractivity contribution in [1.82, 2.24) is 4.98 Å². The molecule has 2 heterocycles. The van der Waals surface area contributed by atoms with Crippen molar-refractivity contribution in [2.45, 2.75) is 26.7 Å². The maximum Gasteiger partial charge on any atom is 0.336 e. The summed E-state index contributed by atoms with van der Waals surface area (Å²) >= 11 is 0. The molecule has 2 aromatic rings. The first kappa shape index (κ1) is 20.5. The first-order valence-electron chi connectivity index (χ1n) is 9.66. The smallest absolute Gasteiger partial charge is 0.336 e. The molecule has 150 valence electrons. The molecular weight excluding hydrogens is 368 g/mol. The molecule has 1 aromatic carbocycles. The first-order valence-corrected chi connectivity index (χ1v) is 9.66. The van der Waals surface area contributed by atoms with Crippen molar-refractivity contribution < 1.29 is 19.1 Å². The van der Waals surface area contributed by atoms with Gasteiger partial charge < -0.3 is 9.47 Å². The molecule has 3 rings (SSSR count). The molecule has 0 N–H and O–H groups in total. The second-order valence-corrected chi connectivity index (χ2v) is 6.59. The van der Waals surface area contributed by atoms with Crippen molar-refractivity contribution in [2.24, 2.45) is 10.9 Å². The number of aliphatic imine (C=N–C) groups is 1. The Morgan fingerprint density at radius 3 is 2.24 bits per heavy atom. The van der Waals surface area contributed by atoms with Crippen molar-refractivity contribution in [3.05, 3.63) is 71.6 Å². The number of pyridine rings is 1. The Bertz CT molecular complexity index is 936. The van der Waals surface area contributed by atoms with E-state index in [-0.39, 0.29) is 13.2 Å². The minimum absolute atomic E-state index is 0.222. The van der Waals surface area contributed by atoms with Crippen molar-refractivity contribution in [3.8, 4) is 0 Å². The van der Waals surface area contributed by atoms with E-state index in [1.807, 2.05) is 30.3 Å². The van der Waals surface area contributed by atoms with Gasteiger partial charge in [-0.05, 0) is 38.5 Å². The Kier molecular flexibility index (Phi) is 6.54. The zero-order chi connectivity index (χ0) is 20.8. The van der Waals surface area contributed by atoms with Crippen LogP contribution in [0.3, 0.4) is 0 Å². The molecule has 6 heteroatoms. The number of rotatable bonds is 6. The summed E-state index contributed by atoms with van der Waals surface area (Å²) in [6.45, 7) is 5.77. The summed E-state index contributed by atoms with van der Waals surface area (Å²) in [5.41, 5.74) is 3.04. The van der Waals surface area contributed by atoms with Crippen molar-refractivity contribution >= 4 is 23.3 Å². The quantitative estimate of drug-likeness (QED) is 0.699. The molecule has 0 spiro atoms. The predicted octanol–water partition coefficient (Wildman–Crippen LogP) is 3.79. The molecule has 1 aliphatic rings. The number of hydrogen-bond donors (Lipinski definition) is 0. The van der Waals surface area contributed by atoms with Gasteiger partial charge in [-0.2, -0.15) is 0 Å². The van der Waals surface area contributed by atoms with E-state index in [1.54, 1.807) is 45.3 Å². The predicted molar refractivity (Wildman–Crippen MR) is 110 cm³/mol. The van der Waals surface area contributed by atoms with Crippen molar-refractivity contribution in [3.63, 3.8) is 0 Å². The standard InChI is InChI=1S/C23H24N2O4/c1-4-28-22(26)18-15(3)25-21(17-9-7-6-8-10-17)20(23(27)29-5-2)19(18)16-11-13-24-14-12-16/h6-14,18-19H,4-5H2,1-3H3. The van der Waals surface area contributed by atoms with Crippen LogP contribution < -0.4 is 0 Å². The molecule has 2 unspecified atom stereocenters. The van der Waals surface area contributed by atoms with E-state index in [0.29, 0.717) is 17.0 Å². The average molecular weight is 392 g/mol. The summed E-state index contributed by atoms with van der Waals surface area (Å²) in [4.78, 5) is 34.7. The number of carbonyl (C=O) groups is 2. The van der Waals surface area contributed by atoms with Crippen LogP contribution in [0.5, 0.6) is 0 Å². The second kappa shape index (κ2) is 9.28. The lowest BCUT2D eigenvalue weighted by Crippen LogP contribution is -2.36. The fraction of sp³-hybridized carbons (Fsp3) is 0.304. The van der Waals surface area contributed by atoms with Crippen LogP contribution in [0.4, 0.5) is 0 Å². The lowest BCUT2D eigenvalue weighted by Gasteiger charge is -2.32. The molecule has 1 aromatic heterocycles. The molecule has 29 heavy (non-hydrogen) atoms. The molecule has 6 nitrogen and oxygen atoms in total. The zero-order valence-electron chi connectivity index (χ0n) is 16.8. The van der Waals surface area contributed by atoms with Crippen LogP contribution >= 0.6 is 0 Å². The topological polar surface area (TPSA) is 77.8 Å². The minimum atomic E-state index is -0.718. The van der Waals surface area contributed by atoms with Gasteiger partial charge in [-0.3, -0.25) is 14.8 Å². The number of aromatic nitrogens is 1. The molecule has 1 aliphatic heterocycles.